The van der Waals surface area contributed by atoms with E-state index >= 15 is 0 Å². The molecule has 0 radical (unpaired) electrons. The first-order valence-corrected chi connectivity index (χ1v) is 12.6. The van der Waals surface area contributed by atoms with Crippen LogP contribution in [-0.4, -0.2) is 40.7 Å². The van der Waals surface area contributed by atoms with E-state index in [1.165, 1.54) is 29.9 Å². The number of benzene rings is 2. The van der Waals surface area contributed by atoms with Crippen LogP contribution in [0.25, 0.3) is 0 Å². The Hall–Kier alpha value is -2.54. The second-order valence-electron chi connectivity index (χ2n) is 8.71. The van der Waals surface area contributed by atoms with Gasteiger partial charge in [0, 0.05) is 31.4 Å². The van der Waals surface area contributed by atoms with Gasteiger partial charge in [0.05, 0.1) is 18.0 Å². The first kappa shape index (κ1) is 23.1. The van der Waals surface area contributed by atoms with E-state index in [0.717, 1.165) is 36.4 Å². The highest BCUT2D eigenvalue weighted by molar-refractivity contribution is 7.92. The molecule has 0 bridgehead atoms. The van der Waals surface area contributed by atoms with Crippen molar-refractivity contribution >= 4 is 27.3 Å². The van der Waals surface area contributed by atoms with Gasteiger partial charge in [-0.3, -0.25) is 9.10 Å². The van der Waals surface area contributed by atoms with Crippen LogP contribution in [0, 0.1) is 12.8 Å². The molecule has 1 saturated heterocycles. The number of piperidine rings is 1. The Morgan fingerprint density at radius 2 is 1.87 bits per heavy atom. The molecule has 0 unspecified atom stereocenters. The lowest BCUT2D eigenvalue weighted by Crippen LogP contribution is -2.34. The highest BCUT2D eigenvalue weighted by atomic mass is 32.2. The highest BCUT2D eigenvalue weighted by Gasteiger charge is 2.19. The van der Waals surface area contributed by atoms with Gasteiger partial charge in [-0.1, -0.05) is 19.1 Å². The zero-order chi connectivity index (χ0) is 22.8. The number of anilines is 2. The second kappa shape index (κ2) is 9.30. The maximum atomic E-state index is 12.8. The Morgan fingerprint density at radius 3 is 2.45 bits per heavy atom. The summed E-state index contributed by atoms with van der Waals surface area (Å²) in [5.74, 6) is 0.539. The smallest absolute Gasteiger partial charge is 0.251 e. The van der Waals surface area contributed by atoms with Gasteiger partial charge >= 0.3 is 0 Å². The van der Waals surface area contributed by atoms with E-state index in [1.807, 2.05) is 6.92 Å². The van der Waals surface area contributed by atoms with Gasteiger partial charge in [-0.05, 0) is 74.1 Å². The molecule has 1 fully saturated rings. The van der Waals surface area contributed by atoms with E-state index in [0.29, 0.717) is 11.3 Å². The number of hydrogen-bond donors (Lipinski definition) is 1. The Kier molecular flexibility index (Phi) is 6.94. The minimum atomic E-state index is -3.35. The van der Waals surface area contributed by atoms with Crippen molar-refractivity contribution in [2.45, 2.75) is 39.7 Å². The van der Waals surface area contributed by atoms with E-state index in [4.69, 9.17) is 0 Å². The maximum Gasteiger partial charge on any atom is 0.251 e. The lowest BCUT2D eigenvalue weighted by molar-refractivity contribution is 0.0940. The van der Waals surface area contributed by atoms with E-state index < -0.39 is 10.0 Å². The summed E-state index contributed by atoms with van der Waals surface area (Å²) in [5.41, 5.74) is 4.08. The number of hydrogen-bond acceptors (Lipinski definition) is 4. The third kappa shape index (κ3) is 5.58. The number of rotatable bonds is 6. The third-order valence-electron chi connectivity index (χ3n) is 6.06. The first-order chi connectivity index (χ1) is 14.6. The number of nitrogens with zero attached hydrogens (tertiary/aromatic N) is 2. The molecule has 0 spiro atoms. The van der Waals surface area contributed by atoms with Crippen LogP contribution >= 0.6 is 0 Å². The molecule has 2 atom stereocenters. The fraction of sp³-hybridized carbons (Fsp3) is 0.458. The number of amides is 1. The standard InChI is InChI=1S/C24H33N3O3S/c1-17-7-6-14-27(16-17)22-11-8-20(9-12-22)19(3)25-24(28)21-10-13-23(18(2)15-21)26(4)31(5,29)30/h8-13,15,17,19H,6-7,14,16H2,1-5H3,(H,25,28)/t17-,19+/m1/s1. The molecule has 0 aliphatic carbocycles. The predicted octanol–water partition coefficient (Wildman–Crippen LogP) is 4.12. The van der Waals surface area contributed by atoms with Gasteiger partial charge in [-0.2, -0.15) is 0 Å². The summed E-state index contributed by atoms with van der Waals surface area (Å²) in [7, 11) is -1.84. The van der Waals surface area contributed by atoms with Crippen molar-refractivity contribution < 1.29 is 13.2 Å². The van der Waals surface area contributed by atoms with Crippen molar-refractivity contribution in [3.05, 3.63) is 59.2 Å². The third-order valence-corrected chi connectivity index (χ3v) is 7.25. The summed E-state index contributed by atoms with van der Waals surface area (Å²) in [6.45, 7) is 8.26. The number of carbonyl (C=O) groups excluding carboxylic acids is 1. The summed E-state index contributed by atoms with van der Waals surface area (Å²) in [5, 5.41) is 3.04. The summed E-state index contributed by atoms with van der Waals surface area (Å²) in [6, 6.07) is 13.3. The van der Waals surface area contributed by atoms with Crippen molar-refractivity contribution in [2.75, 3.05) is 35.6 Å². The van der Waals surface area contributed by atoms with Crippen LogP contribution in [0.1, 0.15) is 54.2 Å². The number of nitrogens with one attached hydrogen (secondary N) is 1. The largest absolute Gasteiger partial charge is 0.371 e. The normalized spacial score (nSPS) is 17.8. The molecule has 168 valence electrons. The Balaban J connectivity index is 1.67. The van der Waals surface area contributed by atoms with Gasteiger partial charge in [0.25, 0.3) is 5.91 Å². The van der Waals surface area contributed by atoms with Crippen molar-refractivity contribution in [3.63, 3.8) is 0 Å². The molecule has 6 nitrogen and oxygen atoms in total. The molecule has 2 aromatic rings. The molecule has 3 rings (SSSR count). The average Bonchev–Trinajstić information content (AvgIpc) is 2.72. The SMILES string of the molecule is Cc1cc(C(=O)N[C@@H](C)c2ccc(N3CCC[C@@H](C)C3)cc2)ccc1N(C)S(C)(=O)=O. The molecule has 1 aliphatic heterocycles. The highest BCUT2D eigenvalue weighted by Crippen LogP contribution is 2.25. The van der Waals surface area contributed by atoms with Crippen molar-refractivity contribution in [1.82, 2.24) is 5.32 Å². The van der Waals surface area contributed by atoms with Gasteiger partial charge in [0.2, 0.25) is 10.0 Å². The predicted molar refractivity (Wildman–Crippen MR) is 127 cm³/mol. The molecule has 0 aromatic heterocycles. The van der Waals surface area contributed by atoms with Crippen LogP contribution in [0.2, 0.25) is 0 Å². The number of carbonyl (C=O) groups is 1. The van der Waals surface area contributed by atoms with Crippen LogP contribution in [0.5, 0.6) is 0 Å². The lowest BCUT2D eigenvalue weighted by Gasteiger charge is -2.33. The van der Waals surface area contributed by atoms with Crippen molar-refractivity contribution in [1.29, 1.82) is 0 Å². The van der Waals surface area contributed by atoms with Gasteiger partial charge in [-0.15, -0.1) is 0 Å². The maximum absolute atomic E-state index is 12.8. The van der Waals surface area contributed by atoms with Crippen molar-refractivity contribution in [2.24, 2.45) is 5.92 Å². The van der Waals surface area contributed by atoms with Gasteiger partial charge in [-0.25, -0.2) is 8.42 Å². The van der Waals surface area contributed by atoms with E-state index in [9.17, 15) is 13.2 Å². The monoisotopic (exact) mass is 443 g/mol. The van der Waals surface area contributed by atoms with Crippen LogP contribution in [0.15, 0.2) is 42.5 Å². The summed E-state index contributed by atoms with van der Waals surface area (Å²) >= 11 is 0. The molecular formula is C24H33N3O3S. The minimum Gasteiger partial charge on any atom is -0.371 e. The van der Waals surface area contributed by atoms with E-state index in [1.54, 1.807) is 25.1 Å². The van der Waals surface area contributed by atoms with Crippen molar-refractivity contribution in [3.8, 4) is 0 Å². The minimum absolute atomic E-state index is 0.138. The molecule has 1 N–H and O–H groups in total. The molecule has 0 saturated carbocycles. The van der Waals surface area contributed by atoms with Crippen LogP contribution < -0.4 is 14.5 Å². The number of aryl methyl sites for hydroxylation is 1. The number of sulfonamides is 1. The zero-order valence-corrected chi connectivity index (χ0v) is 19.9. The average molecular weight is 444 g/mol. The Bertz CT molecular complexity index is 1030. The van der Waals surface area contributed by atoms with Gasteiger partial charge < -0.3 is 10.2 Å². The summed E-state index contributed by atoms with van der Waals surface area (Å²) in [6.07, 6.45) is 3.68. The molecule has 1 aliphatic rings. The quantitative estimate of drug-likeness (QED) is 0.729. The van der Waals surface area contributed by atoms with E-state index in [-0.39, 0.29) is 11.9 Å². The molecule has 1 heterocycles. The molecule has 1 amide bonds. The van der Waals surface area contributed by atoms with Gasteiger partial charge in [0.15, 0.2) is 0 Å². The fourth-order valence-electron chi connectivity index (χ4n) is 4.09. The summed E-state index contributed by atoms with van der Waals surface area (Å²) in [4.78, 5) is 15.2. The summed E-state index contributed by atoms with van der Waals surface area (Å²) < 4.78 is 24.8. The topological polar surface area (TPSA) is 69.7 Å². The van der Waals surface area contributed by atoms with Gasteiger partial charge in [0.1, 0.15) is 0 Å². The first-order valence-electron chi connectivity index (χ1n) is 10.8. The fourth-order valence-corrected chi connectivity index (χ4v) is 4.65. The Labute approximate surface area is 186 Å². The molecule has 2 aromatic carbocycles. The van der Waals surface area contributed by atoms with E-state index in [2.05, 4.69) is 41.4 Å². The van der Waals surface area contributed by atoms with Crippen LogP contribution in [0.4, 0.5) is 11.4 Å². The lowest BCUT2D eigenvalue weighted by atomic mass is 9.99. The Morgan fingerprint density at radius 1 is 1.19 bits per heavy atom. The zero-order valence-electron chi connectivity index (χ0n) is 19.1. The van der Waals surface area contributed by atoms with Crippen LogP contribution in [-0.2, 0) is 10.0 Å². The molecule has 31 heavy (non-hydrogen) atoms. The van der Waals surface area contributed by atoms with Crippen LogP contribution in [0.3, 0.4) is 0 Å². The second-order valence-corrected chi connectivity index (χ2v) is 10.7. The molecule has 7 heteroatoms. The molecular weight excluding hydrogens is 410 g/mol.